The van der Waals surface area contributed by atoms with E-state index in [1.807, 2.05) is 0 Å². The first kappa shape index (κ1) is 58.4. The molecule has 0 aliphatic carbocycles. The fourth-order valence-electron chi connectivity index (χ4n) is 8.18. The predicted octanol–water partition coefficient (Wildman–Crippen LogP) is 17.8. The Morgan fingerprint density at radius 3 is 0.983 bits per heavy atom. The topological polar surface area (TPSA) is 72.8 Å². The molecule has 0 heterocycles. The van der Waals surface area contributed by atoms with E-state index in [-0.39, 0.29) is 25.2 Å². The molecule has 0 fully saturated rings. The molecule has 0 aliphatic rings. The second-order valence-corrected chi connectivity index (χ2v) is 18.3. The van der Waals surface area contributed by atoms with Crippen LogP contribution in [-0.2, 0) is 19.1 Å². The van der Waals surface area contributed by atoms with Gasteiger partial charge in [-0.05, 0) is 44.9 Å². The highest BCUT2D eigenvalue weighted by atomic mass is 16.6. The molecule has 0 aromatic carbocycles. The van der Waals surface area contributed by atoms with E-state index in [1.165, 1.54) is 225 Å². The van der Waals surface area contributed by atoms with Gasteiger partial charge in [-0.25, -0.2) is 0 Å². The molecule has 0 aromatic heterocycles. The van der Waals surface area contributed by atoms with Crippen molar-refractivity contribution in [2.45, 2.75) is 302 Å². The fraction of sp³-hybridized carbons (Fsp3) is 0.891. The van der Waals surface area contributed by atoms with Gasteiger partial charge in [-0.2, -0.15) is 0 Å². The zero-order valence-electron chi connectivity index (χ0n) is 40.5. The summed E-state index contributed by atoms with van der Waals surface area (Å²) in [6.07, 6.45) is 64.5. The summed E-state index contributed by atoms with van der Waals surface area (Å²) >= 11 is 0. The smallest absolute Gasteiger partial charge is 0.306 e. The molecule has 0 bridgehead atoms. The molecule has 0 saturated carbocycles. The summed E-state index contributed by atoms with van der Waals surface area (Å²) in [5, 5.41) is 9.59. The van der Waals surface area contributed by atoms with Crippen LogP contribution in [0.5, 0.6) is 0 Å². The Bertz CT molecular complexity index is 913. The Hall–Kier alpha value is -1.62. The summed E-state index contributed by atoms with van der Waals surface area (Å²) in [5.41, 5.74) is 0. The summed E-state index contributed by atoms with van der Waals surface area (Å²) in [5.74, 6) is -0.575. The van der Waals surface area contributed by atoms with Gasteiger partial charge >= 0.3 is 11.9 Å². The molecule has 0 aromatic rings. The number of hydrogen-bond donors (Lipinski definition) is 1. The number of carbonyl (C=O) groups is 2. The molecule has 1 unspecified atom stereocenters. The van der Waals surface area contributed by atoms with Crippen molar-refractivity contribution >= 4 is 11.9 Å². The maximum absolute atomic E-state index is 12.2. The molecule has 354 valence electrons. The number of rotatable bonds is 50. The van der Waals surface area contributed by atoms with Gasteiger partial charge in [0.2, 0.25) is 0 Å². The Morgan fingerprint density at radius 2 is 0.667 bits per heavy atom. The van der Waals surface area contributed by atoms with E-state index in [0.29, 0.717) is 12.8 Å². The minimum absolute atomic E-state index is 0.0587. The number of ether oxygens (including phenoxy) is 2. The molecule has 1 atom stereocenters. The first-order valence-electron chi connectivity index (χ1n) is 26.9. The molecule has 0 aliphatic heterocycles. The summed E-state index contributed by atoms with van der Waals surface area (Å²) in [6.45, 7) is 4.15. The molecule has 0 saturated heterocycles. The zero-order valence-corrected chi connectivity index (χ0v) is 40.5. The predicted molar refractivity (Wildman–Crippen MR) is 261 cm³/mol. The summed E-state index contributed by atoms with van der Waals surface area (Å²) in [4.78, 5) is 24.3. The molecular weight excluding hydrogens is 741 g/mol. The van der Waals surface area contributed by atoms with Crippen LogP contribution in [0.15, 0.2) is 24.3 Å². The van der Waals surface area contributed by atoms with Gasteiger partial charge in [0.1, 0.15) is 6.61 Å². The fourth-order valence-corrected chi connectivity index (χ4v) is 8.18. The van der Waals surface area contributed by atoms with Crippen LogP contribution in [0.3, 0.4) is 0 Å². The first-order valence-corrected chi connectivity index (χ1v) is 26.9. The van der Waals surface area contributed by atoms with Gasteiger partial charge < -0.3 is 14.6 Å². The highest BCUT2D eigenvalue weighted by Gasteiger charge is 2.16. The lowest BCUT2D eigenvalue weighted by atomic mass is 10.0. The van der Waals surface area contributed by atoms with Crippen molar-refractivity contribution in [2.75, 3.05) is 13.2 Å². The van der Waals surface area contributed by atoms with Crippen LogP contribution in [0.2, 0.25) is 0 Å². The monoisotopic (exact) mass is 845 g/mol. The normalized spacial score (nSPS) is 12.2. The molecule has 0 amide bonds. The second kappa shape index (κ2) is 51.7. The number of allylic oxidation sites excluding steroid dienone is 4. The molecule has 5 nitrogen and oxygen atoms in total. The molecule has 0 spiro atoms. The van der Waals surface area contributed by atoms with Crippen molar-refractivity contribution in [2.24, 2.45) is 0 Å². The van der Waals surface area contributed by atoms with Crippen LogP contribution in [-0.4, -0.2) is 36.4 Å². The van der Waals surface area contributed by atoms with Crippen molar-refractivity contribution in [1.82, 2.24) is 0 Å². The average Bonchev–Trinajstić information content (AvgIpc) is 3.25. The van der Waals surface area contributed by atoms with E-state index in [2.05, 4.69) is 38.2 Å². The summed E-state index contributed by atoms with van der Waals surface area (Å²) in [6, 6.07) is 0. The van der Waals surface area contributed by atoms with Crippen molar-refractivity contribution in [3.8, 4) is 0 Å². The van der Waals surface area contributed by atoms with Gasteiger partial charge in [-0.1, -0.05) is 263 Å². The van der Waals surface area contributed by atoms with Gasteiger partial charge in [-0.3, -0.25) is 9.59 Å². The van der Waals surface area contributed by atoms with Crippen LogP contribution in [0, 0.1) is 0 Å². The Morgan fingerprint density at radius 1 is 0.383 bits per heavy atom. The lowest BCUT2D eigenvalue weighted by Crippen LogP contribution is -2.28. The Balaban J connectivity index is 3.36. The minimum atomic E-state index is -0.764. The Labute approximate surface area is 374 Å². The van der Waals surface area contributed by atoms with Crippen molar-refractivity contribution < 1.29 is 24.2 Å². The lowest BCUT2D eigenvalue weighted by molar-refractivity contribution is -0.161. The van der Waals surface area contributed by atoms with Crippen LogP contribution in [0.4, 0.5) is 0 Å². The SMILES string of the molecule is CCCCCCC/C=C\C/C=C\CCCCCCCCCCCCCCCCCCCCCCCCCC(=O)OC(CO)COC(=O)CCCCCCCCCCCCC. The van der Waals surface area contributed by atoms with E-state index < -0.39 is 6.10 Å². The van der Waals surface area contributed by atoms with Gasteiger partial charge in [0.05, 0.1) is 6.61 Å². The van der Waals surface area contributed by atoms with Gasteiger partial charge in [0.15, 0.2) is 6.10 Å². The van der Waals surface area contributed by atoms with Gasteiger partial charge in [0.25, 0.3) is 0 Å². The summed E-state index contributed by atoms with van der Waals surface area (Å²) in [7, 11) is 0. The standard InChI is InChI=1S/C55H104O5/c1-3-5-7-9-11-13-15-16-17-18-19-20-21-22-23-24-25-26-27-28-29-30-31-32-33-34-35-36-37-38-40-42-44-46-48-50-55(58)60-53(51-56)52-59-54(57)49-47-45-43-41-39-14-12-10-8-6-4-2/h15-16,18-19,53,56H,3-14,17,20-52H2,1-2H3/b16-15-,19-18-. The summed E-state index contributed by atoms with van der Waals surface area (Å²) < 4.78 is 10.6. The van der Waals surface area contributed by atoms with Crippen LogP contribution in [0.25, 0.3) is 0 Å². The molecule has 1 N–H and O–H groups in total. The third-order valence-electron chi connectivity index (χ3n) is 12.2. The molecular formula is C55H104O5. The van der Waals surface area contributed by atoms with Crippen molar-refractivity contribution in [3.63, 3.8) is 0 Å². The largest absolute Gasteiger partial charge is 0.462 e. The van der Waals surface area contributed by atoms with E-state index in [9.17, 15) is 14.7 Å². The number of unbranched alkanes of at least 4 members (excludes halogenated alkanes) is 38. The van der Waals surface area contributed by atoms with Crippen LogP contribution in [0.1, 0.15) is 296 Å². The van der Waals surface area contributed by atoms with E-state index >= 15 is 0 Å². The van der Waals surface area contributed by atoms with Crippen molar-refractivity contribution in [3.05, 3.63) is 24.3 Å². The maximum Gasteiger partial charge on any atom is 0.306 e. The molecule has 5 heteroatoms. The third-order valence-corrected chi connectivity index (χ3v) is 12.2. The number of hydrogen-bond acceptors (Lipinski definition) is 5. The van der Waals surface area contributed by atoms with Crippen LogP contribution < -0.4 is 0 Å². The highest BCUT2D eigenvalue weighted by molar-refractivity contribution is 5.70. The average molecular weight is 845 g/mol. The number of aliphatic hydroxyl groups is 1. The van der Waals surface area contributed by atoms with Crippen molar-refractivity contribution in [1.29, 1.82) is 0 Å². The maximum atomic E-state index is 12.2. The highest BCUT2D eigenvalue weighted by Crippen LogP contribution is 2.17. The molecule has 0 radical (unpaired) electrons. The molecule has 60 heavy (non-hydrogen) atoms. The third kappa shape index (κ3) is 49.0. The van der Waals surface area contributed by atoms with E-state index in [4.69, 9.17) is 9.47 Å². The second-order valence-electron chi connectivity index (χ2n) is 18.3. The molecule has 0 rings (SSSR count). The minimum Gasteiger partial charge on any atom is -0.462 e. The Kier molecular flexibility index (Phi) is 50.3. The lowest BCUT2D eigenvalue weighted by Gasteiger charge is -2.15. The quantitative estimate of drug-likeness (QED) is 0.0375. The number of aliphatic hydroxyl groups excluding tert-OH is 1. The number of esters is 2. The van der Waals surface area contributed by atoms with Crippen LogP contribution >= 0.6 is 0 Å². The van der Waals surface area contributed by atoms with Gasteiger partial charge in [-0.15, -0.1) is 0 Å². The first-order chi connectivity index (χ1) is 29.6. The zero-order chi connectivity index (χ0) is 43.5. The van der Waals surface area contributed by atoms with E-state index in [1.54, 1.807) is 0 Å². The van der Waals surface area contributed by atoms with E-state index in [0.717, 1.165) is 44.9 Å². The van der Waals surface area contributed by atoms with Gasteiger partial charge in [0, 0.05) is 12.8 Å². The number of carbonyl (C=O) groups excluding carboxylic acids is 2.